The van der Waals surface area contributed by atoms with E-state index in [0.29, 0.717) is 5.25 Å². The Morgan fingerprint density at radius 1 is 1.11 bits per heavy atom. The molecule has 10 heteroatoms. The van der Waals surface area contributed by atoms with Crippen LogP contribution in [0.4, 0.5) is 0 Å². The molecule has 0 saturated heterocycles. The highest BCUT2D eigenvalue weighted by Crippen LogP contribution is 2.54. The fourth-order valence-corrected chi connectivity index (χ4v) is 4.98. The topological polar surface area (TPSA) is 118 Å². The second-order valence-corrected chi connectivity index (χ2v) is 10.9. The van der Waals surface area contributed by atoms with Gasteiger partial charge in [0.2, 0.25) is 5.69 Å². The van der Waals surface area contributed by atoms with Crippen LogP contribution in [0.1, 0.15) is 46.0 Å². The Hall–Kier alpha value is 1.03. The lowest BCUT2D eigenvalue weighted by molar-refractivity contribution is 0.275. The van der Waals surface area contributed by atoms with E-state index in [2.05, 4.69) is 25.7 Å². The van der Waals surface area contributed by atoms with Crippen LogP contribution in [0.15, 0.2) is 0 Å². The maximum absolute atomic E-state index is 9.12. The van der Waals surface area contributed by atoms with Crippen molar-refractivity contribution in [2.24, 2.45) is 0 Å². The van der Waals surface area contributed by atoms with Crippen molar-refractivity contribution < 1.29 is 29.0 Å². The molecule has 1 atom stereocenters. The number of hydrogen-bond acceptors (Lipinski definition) is 3. The summed E-state index contributed by atoms with van der Waals surface area (Å²) in [6, 6.07) is 0. The van der Waals surface area contributed by atoms with Gasteiger partial charge in [0.1, 0.15) is 0 Å². The molecular weight excluding hydrogens is 318 g/mol. The van der Waals surface area contributed by atoms with E-state index in [1.807, 2.05) is 0 Å². The molecule has 0 fully saturated rings. The maximum atomic E-state index is 9.12. The van der Waals surface area contributed by atoms with Gasteiger partial charge in [0.25, 0.3) is 0 Å². The fourth-order valence-electron chi connectivity index (χ4n) is 1.15. The second kappa shape index (κ2) is 10.8. The minimum absolute atomic E-state index is 0.326. The molecular formula is C8H22O6P2S2. The van der Waals surface area contributed by atoms with Crippen molar-refractivity contribution in [3.05, 3.63) is 0 Å². The van der Waals surface area contributed by atoms with E-state index in [-0.39, 0.29) is 0 Å². The first-order valence-electron chi connectivity index (χ1n) is 5.51. The Kier molecular flexibility index (Phi) is 12.8. The molecule has 112 valence electrons. The first-order chi connectivity index (χ1) is 7.99. The Balaban J connectivity index is 0. The van der Waals surface area contributed by atoms with Gasteiger partial charge in [-0.2, -0.15) is 0 Å². The second-order valence-electron chi connectivity index (χ2n) is 3.64. The minimum atomic E-state index is -4.64. The third-order valence-electron chi connectivity index (χ3n) is 1.87. The highest BCUT2D eigenvalue weighted by molar-refractivity contribution is 8.67. The smallest absolute Gasteiger partial charge is 0.338 e. The molecule has 18 heavy (non-hydrogen) atoms. The van der Waals surface area contributed by atoms with Crippen LogP contribution in [0, 0.1) is 0 Å². The molecule has 1 unspecified atom stereocenters. The molecule has 0 rings (SSSR count). The summed E-state index contributed by atoms with van der Waals surface area (Å²) in [5, 5.41) is 0.326. The fraction of sp³-hybridized carbons (Fsp3) is 1.00. The van der Waals surface area contributed by atoms with E-state index in [1.54, 1.807) is 0 Å². The predicted molar refractivity (Wildman–Crippen MR) is 78.8 cm³/mol. The third-order valence-corrected chi connectivity index (χ3v) is 5.51. The minimum Gasteiger partial charge on any atom is -0.338 e. The Morgan fingerprint density at radius 2 is 1.56 bits per heavy atom. The summed E-state index contributed by atoms with van der Waals surface area (Å²) in [6.45, 7) is 4.23. The summed E-state index contributed by atoms with van der Waals surface area (Å²) in [5.41, 5.74) is -3.04. The van der Waals surface area contributed by atoms with Gasteiger partial charge in [-0.05, 0) is 24.6 Å². The Labute approximate surface area is 117 Å². The zero-order chi connectivity index (χ0) is 14.8. The van der Waals surface area contributed by atoms with Crippen molar-refractivity contribution in [1.82, 2.24) is 0 Å². The molecule has 0 saturated carbocycles. The van der Waals surface area contributed by atoms with Crippen LogP contribution in [0.2, 0.25) is 0 Å². The van der Waals surface area contributed by atoms with Gasteiger partial charge in [-0.25, -0.2) is 4.57 Å². The molecule has 0 bridgehead atoms. The number of hydrogen-bond donors (Lipinski definition) is 5. The molecule has 0 aliphatic heterocycles. The van der Waals surface area contributed by atoms with Crippen molar-refractivity contribution in [2.45, 2.75) is 51.2 Å². The normalized spacial score (nSPS) is 13.7. The van der Waals surface area contributed by atoms with Gasteiger partial charge in [0, 0.05) is 5.25 Å². The molecule has 0 spiro atoms. The summed E-state index contributed by atoms with van der Waals surface area (Å²) in [5.74, 6) is 0. The van der Waals surface area contributed by atoms with Crippen LogP contribution in [-0.4, -0.2) is 29.7 Å². The Morgan fingerprint density at radius 3 is 1.83 bits per heavy atom. The lowest BCUT2D eigenvalue weighted by atomic mass is 10.1. The van der Waals surface area contributed by atoms with Crippen molar-refractivity contribution in [2.75, 3.05) is 0 Å². The lowest BCUT2D eigenvalue weighted by Crippen LogP contribution is -2.00. The van der Waals surface area contributed by atoms with E-state index in [0.717, 1.165) is 19.3 Å². The first-order valence-corrected chi connectivity index (χ1v) is 11.3. The molecule has 0 aromatic heterocycles. The monoisotopic (exact) mass is 340 g/mol. The maximum Gasteiger partial charge on any atom is 0.466 e. The van der Waals surface area contributed by atoms with Gasteiger partial charge >= 0.3 is 7.82 Å². The molecule has 0 amide bonds. The number of rotatable bonds is 7. The summed E-state index contributed by atoms with van der Waals surface area (Å²) in [7, 11) is -4.64. The molecule has 5 N–H and O–H groups in total. The lowest BCUT2D eigenvalue weighted by Gasteiger charge is -2.16. The molecule has 0 aromatic carbocycles. The van der Waals surface area contributed by atoms with E-state index in [9.17, 15) is 0 Å². The highest BCUT2D eigenvalue weighted by atomic mass is 32.9. The molecule has 6 nitrogen and oxygen atoms in total. The largest absolute Gasteiger partial charge is 0.466 e. The van der Waals surface area contributed by atoms with Crippen molar-refractivity contribution in [1.29, 1.82) is 0 Å². The molecule has 0 aliphatic carbocycles. The molecule has 0 heterocycles. The van der Waals surface area contributed by atoms with E-state index in [1.165, 1.54) is 24.2 Å². The van der Waals surface area contributed by atoms with Crippen molar-refractivity contribution >= 4 is 36.7 Å². The highest BCUT2D eigenvalue weighted by Gasteiger charge is 2.16. The average Bonchev–Trinajstić information content (AvgIpc) is 2.12. The van der Waals surface area contributed by atoms with Gasteiger partial charge in [-0.15, -0.1) is 0 Å². The zero-order valence-corrected chi connectivity index (χ0v) is 13.9. The first kappa shape index (κ1) is 21.3. The van der Waals surface area contributed by atoms with E-state index < -0.39 is 13.5 Å². The summed E-state index contributed by atoms with van der Waals surface area (Å²) in [6.07, 6.45) is 5.60. The quantitative estimate of drug-likeness (QED) is 0.354. The van der Waals surface area contributed by atoms with Crippen LogP contribution in [0.5, 0.6) is 0 Å². The van der Waals surface area contributed by atoms with Crippen LogP contribution in [0.3, 0.4) is 0 Å². The van der Waals surface area contributed by atoms with Crippen molar-refractivity contribution in [3.8, 4) is 0 Å². The average molecular weight is 340 g/mol. The summed E-state index contributed by atoms with van der Waals surface area (Å²) >= 11 is 5.78. The third kappa shape index (κ3) is 25.8. The summed E-state index contributed by atoms with van der Waals surface area (Å²) < 4.78 is 8.88. The van der Waals surface area contributed by atoms with Gasteiger partial charge in [-0.1, -0.05) is 44.5 Å². The molecule has 0 aliphatic rings. The SMILES string of the molecule is CCCCCC(CC)SP(O)(O)=S.O=P(O)(O)O. The van der Waals surface area contributed by atoms with E-state index in [4.69, 9.17) is 29.0 Å². The van der Waals surface area contributed by atoms with Gasteiger partial charge in [-0.3, -0.25) is 0 Å². The standard InChI is InChI=1S/C8H19O2PS2.H3O4P/c1-3-5-6-7-8(4-2)13-11(9,10)12;1-5(2,3)4/h8H,3-7H2,1-2H3,(H2,9,10,12);(H3,1,2,3,4). The van der Waals surface area contributed by atoms with Crippen LogP contribution >= 0.6 is 24.9 Å². The van der Waals surface area contributed by atoms with Crippen LogP contribution in [-0.2, 0) is 16.4 Å². The number of phosphoric acid groups is 1. The van der Waals surface area contributed by atoms with Gasteiger partial charge in [0.05, 0.1) is 0 Å². The predicted octanol–water partition coefficient (Wildman–Crippen LogP) is 2.36. The zero-order valence-electron chi connectivity index (χ0n) is 10.5. The molecule has 0 aromatic rings. The Bertz CT molecular complexity index is 281. The van der Waals surface area contributed by atoms with E-state index >= 15 is 0 Å². The number of unbranched alkanes of at least 4 members (excludes halogenated alkanes) is 2. The van der Waals surface area contributed by atoms with Gasteiger partial charge in [0.15, 0.2) is 0 Å². The van der Waals surface area contributed by atoms with Crippen molar-refractivity contribution in [3.63, 3.8) is 0 Å². The van der Waals surface area contributed by atoms with Gasteiger partial charge < -0.3 is 24.5 Å². The van der Waals surface area contributed by atoms with Crippen LogP contribution in [0.25, 0.3) is 0 Å². The van der Waals surface area contributed by atoms with Crippen LogP contribution < -0.4 is 0 Å². The summed E-state index contributed by atoms with van der Waals surface area (Å²) in [4.78, 5) is 39.8. The molecule has 0 radical (unpaired) electrons.